The van der Waals surface area contributed by atoms with Gasteiger partial charge in [-0.1, -0.05) is 5.21 Å². The Morgan fingerprint density at radius 1 is 1.50 bits per heavy atom. The predicted molar refractivity (Wildman–Crippen MR) is 76.7 cm³/mol. The molecule has 0 aliphatic carbocycles. The summed E-state index contributed by atoms with van der Waals surface area (Å²) in [6.07, 6.45) is 4.76. The number of amides is 1. The third-order valence-corrected chi connectivity index (χ3v) is 3.49. The van der Waals surface area contributed by atoms with E-state index in [0.29, 0.717) is 18.3 Å². The minimum Gasteiger partial charge on any atom is -0.351 e. The number of hydrogen-bond acceptors (Lipinski definition) is 5. The van der Waals surface area contributed by atoms with Gasteiger partial charge in [-0.15, -0.1) is 5.10 Å². The molecule has 112 valence electrons. The molecule has 1 fully saturated rings. The van der Waals surface area contributed by atoms with E-state index in [0.717, 1.165) is 38.9 Å². The Morgan fingerprint density at radius 2 is 2.25 bits per heavy atom. The zero-order chi connectivity index (χ0) is 14.4. The van der Waals surface area contributed by atoms with Gasteiger partial charge in [-0.2, -0.15) is 0 Å². The molecule has 0 spiro atoms. The molecule has 2 N–H and O–H groups in total. The largest absolute Gasteiger partial charge is 0.351 e. The Kier molecular flexibility index (Phi) is 5.49. The molecule has 20 heavy (non-hydrogen) atoms. The van der Waals surface area contributed by atoms with Crippen LogP contribution in [0.3, 0.4) is 0 Å². The lowest BCUT2D eigenvalue weighted by atomic mass is 10.1. The lowest BCUT2D eigenvalue weighted by Gasteiger charge is -2.22. The van der Waals surface area contributed by atoms with E-state index in [1.807, 2.05) is 18.8 Å². The van der Waals surface area contributed by atoms with Gasteiger partial charge in [0, 0.05) is 6.54 Å². The summed E-state index contributed by atoms with van der Waals surface area (Å²) in [5.74, 6) is -0.135. The number of hydrogen-bond donors (Lipinski definition) is 2. The van der Waals surface area contributed by atoms with Crippen molar-refractivity contribution in [2.24, 2.45) is 0 Å². The highest BCUT2D eigenvalue weighted by molar-refractivity contribution is 5.91. The van der Waals surface area contributed by atoms with Crippen molar-refractivity contribution >= 4 is 5.91 Å². The average molecular weight is 280 g/mol. The molecule has 7 heteroatoms. The SMILES string of the molecule is CN(C)CCCNC(=O)c1cn(C2CCNCC2)nn1. The first kappa shape index (κ1) is 14.9. The number of nitrogens with one attached hydrogen (secondary N) is 2. The van der Waals surface area contributed by atoms with Crippen LogP contribution < -0.4 is 10.6 Å². The van der Waals surface area contributed by atoms with Crippen LogP contribution in [0, 0.1) is 0 Å². The van der Waals surface area contributed by atoms with Crippen LogP contribution in [0.25, 0.3) is 0 Å². The third kappa shape index (κ3) is 4.28. The zero-order valence-electron chi connectivity index (χ0n) is 12.3. The first-order valence-corrected chi connectivity index (χ1v) is 7.22. The molecule has 2 rings (SSSR count). The Labute approximate surface area is 119 Å². The van der Waals surface area contributed by atoms with E-state index < -0.39 is 0 Å². The number of piperidine rings is 1. The molecule has 1 aliphatic heterocycles. The summed E-state index contributed by atoms with van der Waals surface area (Å²) in [5, 5.41) is 14.3. The van der Waals surface area contributed by atoms with Gasteiger partial charge in [-0.05, 0) is 53.0 Å². The van der Waals surface area contributed by atoms with E-state index >= 15 is 0 Å². The van der Waals surface area contributed by atoms with Gasteiger partial charge in [0.25, 0.3) is 5.91 Å². The highest BCUT2D eigenvalue weighted by Crippen LogP contribution is 2.16. The van der Waals surface area contributed by atoms with Gasteiger partial charge >= 0.3 is 0 Å². The Balaban J connectivity index is 1.80. The fraction of sp³-hybridized carbons (Fsp3) is 0.769. The average Bonchev–Trinajstić information content (AvgIpc) is 2.94. The van der Waals surface area contributed by atoms with Crippen molar-refractivity contribution in [1.29, 1.82) is 0 Å². The molecule has 1 aliphatic rings. The normalized spacial score (nSPS) is 16.6. The quantitative estimate of drug-likeness (QED) is 0.711. The van der Waals surface area contributed by atoms with Gasteiger partial charge < -0.3 is 15.5 Å². The molecule has 0 aromatic carbocycles. The molecule has 1 aromatic heterocycles. The molecular formula is C13H24N6O. The van der Waals surface area contributed by atoms with Crippen molar-refractivity contribution in [3.63, 3.8) is 0 Å². The molecule has 0 radical (unpaired) electrons. The Bertz CT molecular complexity index is 424. The molecule has 1 amide bonds. The Morgan fingerprint density at radius 3 is 2.95 bits per heavy atom. The third-order valence-electron chi connectivity index (χ3n) is 3.49. The second kappa shape index (κ2) is 7.35. The van der Waals surface area contributed by atoms with Crippen LogP contribution in [0.4, 0.5) is 0 Å². The van der Waals surface area contributed by atoms with Crippen LogP contribution in [-0.4, -0.2) is 66.1 Å². The summed E-state index contributed by atoms with van der Waals surface area (Å²) >= 11 is 0. The summed E-state index contributed by atoms with van der Waals surface area (Å²) in [4.78, 5) is 14.0. The van der Waals surface area contributed by atoms with Crippen LogP contribution in [0.1, 0.15) is 35.8 Å². The summed E-state index contributed by atoms with van der Waals surface area (Å²) in [6.45, 7) is 3.62. The molecule has 7 nitrogen and oxygen atoms in total. The maximum Gasteiger partial charge on any atom is 0.273 e. The second-order valence-corrected chi connectivity index (χ2v) is 5.48. The first-order valence-electron chi connectivity index (χ1n) is 7.22. The molecule has 0 saturated carbocycles. The van der Waals surface area contributed by atoms with Crippen LogP contribution in [0.15, 0.2) is 6.20 Å². The van der Waals surface area contributed by atoms with Crippen molar-refractivity contribution in [3.05, 3.63) is 11.9 Å². The highest BCUT2D eigenvalue weighted by Gasteiger charge is 2.18. The summed E-state index contributed by atoms with van der Waals surface area (Å²) in [6, 6.07) is 0.360. The van der Waals surface area contributed by atoms with E-state index in [4.69, 9.17) is 0 Å². The number of nitrogens with zero attached hydrogens (tertiary/aromatic N) is 4. The predicted octanol–water partition coefficient (Wildman–Crippen LogP) is -0.116. The molecule has 1 saturated heterocycles. The van der Waals surface area contributed by atoms with E-state index in [-0.39, 0.29) is 5.91 Å². The maximum absolute atomic E-state index is 11.9. The molecule has 1 aromatic rings. The Hall–Kier alpha value is -1.47. The van der Waals surface area contributed by atoms with E-state index in [9.17, 15) is 4.79 Å². The summed E-state index contributed by atoms with van der Waals surface area (Å²) < 4.78 is 1.83. The standard InChI is InChI=1S/C13H24N6O/c1-18(2)9-3-6-15-13(20)12-10-19(17-16-12)11-4-7-14-8-5-11/h10-11,14H,3-9H2,1-2H3,(H,15,20). The smallest absolute Gasteiger partial charge is 0.273 e. The zero-order valence-corrected chi connectivity index (χ0v) is 12.3. The van der Waals surface area contributed by atoms with E-state index in [1.54, 1.807) is 6.20 Å². The van der Waals surface area contributed by atoms with Crippen molar-refractivity contribution in [1.82, 2.24) is 30.5 Å². The molecule has 2 heterocycles. The van der Waals surface area contributed by atoms with Gasteiger partial charge in [0.2, 0.25) is 0 Å². The van der Waals surface area contributed by atoms with Crippen LogP contribution in [0.5, 0.6) is 0 Å². The number of carbonyl (C=O) groups excluding carboxylic acids is 1. The van der Waals surface area contributed by atoms with Crippen molar-refractivity contribution in [3.8, 4) is 0 Å². The van der Waals surface area contributed by atoms with Gasteiger partial charge in [0.15, 0.2) is 5.69 Å². The van der Waals surface area contributed by atoms with E-state index in [1.165, 1.54) is 0 Å². The summed E-state index contributed by atoms with van der Waals surface area (Å²) in [7, 11) is 4.04. The topological polar surface area (TPSA) is 75.1 Å². The monoisotopic (exact) mass is 280 g/mol. The summed E-state index contributed by atoms with van der Waals surface area (Å²) in [5.41, 5.74) is 0.411. The lowest BCUT2D eigenvalue weighted by Crippen LogP contribution is -2.29. The van der Waals surface area contributed by atoms with Gasteiger partial charge in [-0.25, -0.2) is 4.68 Å². The second-order valence-electron chi connectivity index (χ2n) is 5.48. The van der Waals surface area contributed by atoms with E-state index in [2.05, 4.69) is 25.8 Å². The molecule has 0 unspecified atom stereocenters. The number of rotatable bonds is 6. The van der Waals surface area contributed by atoms with Crippen LogP contribution in [-0.2, 0) is 0 Å². The number of aromatic nitrogens is 3. The fourth-order valence-corrected chi connectivity index (χ4v) is 2.32. The van der Waals surface area contributed by atoms with Crippen LogP contribution in [0.2, 0.25) is 0 Å². The molecule has 0 atom stereocenters. The van der Waals surface area contributed by atoms with Gasteiger partial charge in [0.05, 0.1) is 12.2 Å². The maximum atomic E-state index is 11.9. The van der Waals surface area contributed by atoms with Crippen LogP contribution >= 0.6 is 0 Å². The van der Waals surface area contributed by atoms with Gasteiger partial charge in [0.1, 0.15) is 0 Å². The highest BCUT2D eigenvalue weighted by atomic mass is 16.2. The minimum absolute atomic E-state index is 0.135. The van der Waals surface area contributed by atoms with Crippen molar-refractivity contribution < 1.29 is 4.79 Å². The minimum atomic E-state index is -0.135. The molecule has 0 bridgehead atoms. The van der Waals surface area contributed by atoms with Crippen molar-refractivity contribution in [2.45, 2.75) is 25.3 Å². The van der Waals surface area contributed by atoms with Crippen molar-refractivity contribution in [2.75, 3.05) is 40.3 Å². The molecular weight excluding hydrogens is 256 g/mol. The fourth-order valence-electron chi connectivity index (χ4n) is 2.32. The lowest BCUT2D eigenvalue weighted by molar-refractivity contribution is 0.0947. The van der Waals surface area contributed by atoms with Gasteiger partial charge in [-0.3, -0.25) is 4.79 Å². The number of carbonyl (C=O) groups is 1. The first-order chi connectivity index (χ1) is 9.66.